The van der Waals surface area contributed by atoms with Crippen LogP contribution in [0.25, 0.3) is 0 Å². The van der Waals surface area contributed by atoms with Crippen LogP contribution in [0, 0.1) is 17.8 Å². The van der Waals surface area contributed by atoms with Gasteiger partial charge in [-0.3, -0.25) is 4.79 Å². The van der Waals surface area contributed by atoms with Crippen LogP contribution in [0.15, 0.2) is 24.3 Å². The summed E-state index contributed by atoms with van der Waals surface area (Å²) in [7, 11) is 0. The van der Waals surface area contributed by atoms with Gasteiger partial charge in [0.2, 0.25) is 0 Å². The topological polar surface area (TPSA) is 67.9 Å². The summed E-state index contributed by atoms with van der Waals surface area (Å²) in [5.74, 6) is 0.440. The molecule has 0 aromatic heterocycles. The Bertz CT molecular complexity index is 820. The van der Waals surface area contributed by atoms with Crippen molar-refractivity contribution in [1.82, 2.24) is 4.90 Å². The molecule has 0 unspecified atom stereocenters. The van der Waals surface area contributed by atoms with Crippen molar-refractivity contribution >= 4 is 17.7 Å². The second-order valence-electron chi connectivity index (χ2n) is 11.7. The fraction of sp³-hybridized carbons (Fsp3) is 0.704. The zero-order chi connectivity index (χ0) is 24.2. The minimum atomic E-state index is -0.551. The van der Waals surface area contributed by atoms with Crippen LogP contribution in [0.5, 0.6) is 0 Å². The number of amides is 1. The molecule has 1 saturated carbocycles. The van der Waals surface area contributed by atoms with Crippen LogP contribution in [0.1, 0.15) is 72.8 Å². The Morgan fingerprint density at radius 1 is 1.06 bits per heavy atom. The molecule has 2 aliphatic rings. The lowest BCUT2D eigenvalue weighted by atomic mass is 9.86. The van der Waals surface area contributed by atoms with E-state index < -0.39 is 11.2 Å². The summed E-state index contributed by atoms with van der Waals surface area (Å²) in [6.07, 6.45) is 4.99. The zero-order valence-corrected chi connectivity index (χ0v) is 21.3. The number of hydrogen-bond donors (Lipinski definition) is 1. The predicted molar refractivity (Wildman–Crippen MR) is 131 cm³/mol. The van der Waals surface area contributed by atoms with Gasteiger partial charge < -0.3 is 19.7 Å². The molecule has 1 aliphatic carbocycles. The minimum Gasteiger partial charge on any atom is -0.460 e. The van der Waals surface area contributed by atoms with E-state index in [4.69, 9.17) is 9.47 Å². The summed E-state index contributed by atoms with van der Waals surface area (Å²) in [5.41, 5.74) is 1.12. The van der Waals surface area contributed by atoms with Crippen molar-refractivity contribution < 1.29 is 19.1 Å². The van der Waals surface area contributed by atoms with E-state index in [0.717, 1.165) is 30.1 Å². The van der Waals surface area contributed by atoms with E-state index >= 15 is 0 Å². The molecule has 6 heteroatoms. The van der Waals surface area contributed by atoms with Gasteiger partial charge in [-0.15, -0.1) is 0 Å². The molecule has 33 heavy (non-hydrogen) atoms. The van der Waals surface area contributed by atoms with Crippen molar-refractivity contribution in [3.8, 4) is 0 Å². The summed E-state index contributed by atoms with van der Waals surface area (Å²) in [6, 6.07) is 8.34. The van der Waals surface area contributed by atoms with Gasteiger partial charge in [0, 0.05) is 25.3 Å². The fourth-order valence-electron chi connectivity index (χ4n) is 4.32. The molecule has 6 nitrogen and oxygen atoms in total. The standard InChI is InChI=1S/C27H42N2O4/c1-26(2,3)32-24(30)23(21-13-15-29(18-21)25(31)33-27(4,5)6)17-20-8-7-9-22(16-20)28-14-12-19-10-11-19/h7-9,16,19,21,23,28H,10-15,17-18H2,1-6H3/t21-,23-/m0/s1. The number of nitrogens with zero attached hydrogens (tertiary/aromatic N) is 1. The second-order valence-corrected chi connectivity index (χ2v) is 11.7. The number of esters is 1. The average Bonchev–Trinajstić information content (AvgIpc) is 3.37. The van der Waals surface area contributed by atoms with Gasteiger partial charge in [-0.25, -0.2) is 4.79 Å². The highest BCUT2D eigenvalue weighted by Crippen LogP contribution is 2.33. The second kappa shape index (κ2) is 10.4. The summed E-state index contributed by atoms with van der Waals surface area (Å²) >= 11 is 0. The van der Waals surface area contributed by atoms with Crippen LogP contribution in [0.4, 0.5) is 10.5 Å². The quantitative estimate of drug-likeness (QED) is 0.510. The van der Waals surface area contributed by atoms with Crippen LogP contribution in [0.3, 0.4) is 0 Å². The first-order chi connectivity index (χ1) is 15.4. The molecule has 0 spiro atoms. The van der Waals surface area contributed by atoms with E-state index in [9.17, 15) is 9.59 Å². The summed E-state index contributed by atoms with van der Waals surface area (Å²) in [4.78, 5) is 27.5. The number of carbonyl (C=O) groups excluding carboxylic acids is 2. The third kappa shape index (κ3) is 8.56. The first kappa shape index (κ1) is 25.4. The first-order valence-electron chi connectivity index (χ1n) is 12.4. The third-order valence-electron chi connectivity index (χ3n) is 6.12. The molecule has 1 heterocycles. The number of nitrogens with one attached hydrogen (secondary N) is 1. The van der Waals surface area contributed by atoms with Crippen LogP contribution in [0.2, 0.25) is 0 Å². The van der Waals surface area contributed by atoms with E-state index in [2.05, 4.69) is 23.5 Å². The van der Waals surface area contributed by atoms with E-state index in [0.29, 0.717) is 19.5 Å². The maximum absolute atomic E-state index is 13.2. The molecule has 184 valence electrons. The van der Waals surface area contributed by atoms with Crippen LogP contribution >= 0.6 is 0 Å². The number of benzene rings is 1. The van der Waals surface area contributed by atoms with E-state index in [-0.39, 0.29) is 23.9 Å². The SMILES string of the molecule is CC(C)(C)OC(=O)[C@@H](Cc1cccc(NCCC2CC2)c1)[C@H]1CCN(C(=O)OC(C)(C)C)C1. The molecule has 2 atom stereocenters. The highest BCUT2D eigenvalue weighted by molar-refractivity contribution is 5.74. The van der Waals surface area contributed by atoms with Crippen molar-refractivity contribution in [3.63, 3.8) is 0 Å². The first-order valence-corrected chi connectivity index (χ1v) is 12.4. The molecule has 1 aromatic carbocycles. The number of ether oxygens (including phenoxy) is 2. The molecule has 1 saturated heterocycles. The molecule has 0 radical (unpaired) electrons. The van der Waals surface area contributed by atoms with Gasteiger partial charge in [0.25, 0.3) is 0 Å². The van der Waals surface area contributed by atoms with Gasteiger partial charge in [-0.1, -0.05) is 25.0 Å². The van der Waals surface area contributed by atoms with Gasteiger partial charge in [0.15, 0.2) is 0 Å². The predicted octanol–water partition coefficient (Wildman–Crippen LogP) is 5.66. The Hall–Kier alpha value is -2.24. The normalized spacial score (nSPS) is 19.8. The van der Waals surface area contributed by atoms with Crippen molar-refractivity contribution in [1.29, 1.82) is 0 Å². The largest absolute Gasteiger partial charge is 0.460 e. The molecule has 1 amide bonds. The Balaban J connectivity index is 1.68. The maximum Gasteiger partial charge on any atom is 0.410 e. The van der Waals surface area contributed by atoms with Gasteiger partial charge in [-0.05, 0) is 90.3 Å². The number of rotatable bonds is 8. The zero-order valence-electron chi connectivity index (χ0n) is 21.3. The Morgan fingerprint density at radius 3 is 2.39 bits per heavy atom. The lowest BCUT2D eigenvalue weighted by molar-refractivity contribution is -0.161. The van der Waals surface area contributed by atoms with Crippen molar-refractivity contribution in [2.75, 3.05) is 25.0 Å². The average molecular weight is 459 g/mol. The fourth-order valence-corrected chi connectivity index (χ4v) is 4.32. The van der Waals surface area contributed by atoms with E-state index in [1.807, 2.05) is 47.6 Å². The number of anilines is 1. The number of likely N-dealkylation sites (tertiary alicyclic amines) is 1. The molecular weight excluding hydrogens is 416 g/mol. The minimum absolute atomic E-state index is 0.0406. The summed E-state index contributed by atoms with van der Waals surface area (Å²) < 4.78 is 11.3. The van der Waals surface area contributed by atoms with E-state index in [1.165, 1.54) is 19.3 Å². The highest BCUT2D eigenvalue weighted by atomic mass is 16.6. The lowest BCUT2D eigenvalue weighted by Gasteiger charge is -2.28. The Labute approximate surface area is 199 Å². The van der Waals surface area contributed by atoms with Crippen LogP contribution < -0.4 is 5.32 Å². The third-order valence-corrected chi connectivity index (χ3v) is 6.12. The molecule has 1 aromatic rings. The Kier molecular flexibility index (Phi) is 7.96. The number of hydrogen-bond acceptors (Lipinski definition) is 5. The monoisotopic (exact) mass is 458 g/mol. The van der Waals surface area contributed by atoms with Crippen molar-refractivity contribution in [2.45, 2.75) is 84.8 Å². The molecule has 1 aliphatic heterocycles. The molecule has 2 fully saturated rings. The van der Waals surface area contributed by atoms with Crippen molar-refractivity contribution in [3.05, 3.63) is 29.8 Å². The molecule has 1 N–H and O–H groups in total. The van der Waals surface area contributed by atoms with Gasteiger partial charge in [0.1, 0.15) is 11.2 Å². The lowest BCUT2D eigenvalue weighted by Crippen LogP contribution is -2.38. The molecule has 3 rings (SSSR count). The maximum atomic E-state index is 13.2. The van der Waals surface area contributed by atoms with Crippen LogP contribution in [-0.2, 0) is 20.7 Å². The Morgan fingerprint density at radius 2 is 1.76 bits per heavy atom. The smallest absolute Gasteiger partial charge is 0.410 e. The van der Waals surface area contributed by atoms with Gasteiger partial charge in [0.05, 0.1) is 5.92 Å². The van der Waals surface area contributed by atoms with E-state index in [1.54, 1.807) is 4.90 Å². The highest BCUT2D eigenvalue weighted by Gasteiger charge is 2.39. The molecular formula is C27H42N2O4. The molecule has 0 bridgehead atoms. The van der Waals surface area contributed by atoms with Crippen LogP contribution in [-0.4, -0.2) is 47.8 Å². The number of carbonyl (C=O) groups is 2. The summed E-state index contributed by atoms with van der Waals surface area (Å²) in [6.45, 7) is 13.4. The van der Waals surface area contributed by atoms with Crippen molar-refractivity contribution in [2.24, 2.45) is 17.8 Å². The summed E-state index contributed by atoms with van der Waals surface area (Å²) in [5, 5.41) is 3.52. The van der Waals surface area contributed by atoms with Gasteiger partial charge >= 0.3 is 12.1 Å². The van der Waals surface area contributed by atoms with Gasteiger partial charge in [-0.2, -0.15) is 0 Å².